The van der Waals surface area contributed by atoms with Crippen LogP contribution in [0, 0.1) is 9.39 Å². The van der Waals surface area contributed by atoms with Gasteiger partial charge in [0.25, 0.3) is 0 Å². The van der Waals surface area contributed by atoms with Gasteiger partial charge < -0.3 is 10.1 Å². The summed E-state index contributed by atoms with van der Waals surface area (Å²) < 4.78 is 19.8. The average Bonchev–Trinajstić information content (AvgIpc) is 2.70. The highest BCUT2D eigenvalue weighted by atomic mass is 127. The Bertz CT molecular complexity index is 909. The van der Waals surface area contributed by atoms with E-state index in [0.717, 1.165) is 20.6 Å². The summed E-state index contributed by atoms with van der Waals surface area (Å²) in [5, 5.41) is 3.45. The monoisotopic (exact) mass is 489 g/mol. The lowest BCUT2D eigenvalue weighted by molar-refractivity contribution is 0.0976. The van der Waals surface area contributed by atoms with E-state index in [9.17, 15) is 9.18 Å². The summed E-state index contributed by atoms with van der Waals surface area (Å²) in [6, 6.07) is 21.2. The van der Waals surface area contributed by atoms with Crippen LogP contribution >= 0.6 is 22.6 Å². The number of halogens is 2. The van der Waals surface area contributed by atoms with Gasteiger partial charge in [0.1, 0.15) is 11.6 Å². The average molecular weight is 489 g/mol. The highest BCUT2D eigenvalue weighted by Gasteiger charge is 2.18. The van der Waals surface area contributed by atoms with Crippen molar-refractivity contribution in [2.75, 3.05) is 11.9 Å². The van der Waals surface area contributed by atoms with Crippen LogP contribution in [0.15, 0.2) is 72.8 Å². The van der Waals surface area contributed by atoms with E-state index in [1.165, 1.54) is 24.3 Å². The molecular weight excluding hydrogens is 468 g/mol. The van der Waals surface area contributed by atoms with Crippen molar-refractivity contribution in [3.05, 3.63) is 93.3 Å². The second-order valence-electron chi connectivity index (χ2n) is 6.34. The fourth-order valence-corrected chi connectivity index (χ4v) is 3.26. The largest absolute Gasteiger partial charge is 0.494 e. The van der Waals surface area contributed by atoms with Gasteiger partial charge in [0.05, 0.1) is 12.6 Å². The smallest absolute Gasteiger partial charge is 0.165 e. The number of carbonyl (C=O) groups is 1. The van der Waals surface area contributed by atoms with Crippen molar-refractivity contribution < 1.29 is 13.9 Å². The van der Waals surface area contributed by atoms with Crippen molar-refractivity contribution >= 4 is 34.1 Å². The highest BCUT2D eigenvalue weighted by Crippen LogP contribution is 2.27. The zero-order chi connectivity index (χ0) is 19.9. The van der Waals surface area contributed by atoms with Gasteiger partial charge >= 0.3 is 0 Å². The number of nitrogens with one attached hydrogen (secondary N) is 1. The van der Waals surface area contributed by atoms with Crippen molar-refractivity contribution in [2.45, 2.75) is 19.4 Å². The molecule has 5 heteroatoms. The van der Waals surface area contributed by atoms with E-state index in [4.69, 9.17) is 4.74 Å². The summed E-state index contributed by atoms with van der Waals surface area (Å²) in [6.07, 6.45) is 0.256. The zero-order valence-electron chi connectivity index (χ0n) is 15.5. The molecule has 3 aromatic rings. The molecule has 144 valence electrons. The van der Waals surface area contributed by atoms with Crippen LogP contribution in [0.1, 0.15) is 35.3 Å². The van der Waals surface area contributed by atoms with Crippen LogP contribution < -0.4 is 10.1 Å². The maximum atomic E-state index is 13.2. The number of anilines is 1. The molecule has 1 N–H and O–H groups in total. The van der Waals surface area contributed by atoms with Gasteiger partial charge in [0.2, 0.25) is 0 Å². The first-order valence-corrected chi connectivity index (χ1v) is 10.2. The number of benzene rings is 3. The summed E-state index contributed by atoms with van der Waals surface area (Å²) in [7, 11) is 0. The minimum atomic E-state index is -0.350. The molecule has 1 unspecified atom stereocenters. The zero-order valence-corrected chi connectivity index (χ0v) is 17.6. The molecule has 3 rings (SSSR count). The number of ketones is 1. The van der Waals surface area contributed by atoms with E-state index >= 15 is 0 Å². The van der Waals surface area contributed by atoms with Crippen molar-refractivity contribution in [1.29, 1.82) is 0 Å². The number of rotatable bonds is 8. The van der Waals surface area contributed by atoms with E-state index in [-0.39, 0.29) is 24.1 Å². The summed E-state index contributed by atoms with van der Waals surface area (Å²) in [4.78, 5) is 12.8. The topological polar surface area (TPSA) is 38.3 Å². The van der Waals surface area contributed by atoms with Gasteiger partial charge in [-0.1, -0.05) is 12.1 Å². The first-order chi connectivity index (χ1) is 13.5. The molecule has 0 aromatic heterocycles. The van der Waals surface area contributed by atoms with Crippen LogP contribution in [0.3, 0.4) is 0 Å². The first kappa shape index (κ1) is 20.3. The molecule has 0 amide bonds. The minimum Gasteiger partial charge on any atom is -0.494 e. The molecule has 1 atom stereocenters. The Hall–Kier alpha value is -2.41. The second kappa shape index (κ2) is 9.68. The maximum Gasteiger partial charge on any atom is 0.165 e. The van der Waals surface area contributed by atoms with Crippen LogP contribution in [0.5, 0.6) is 5.75 Å². The molecular formula is C23H21FINO2. The predicted octanol–water partition coefficient (Wildman–Crippen LogP) is 6.26. The third-order valence-corrected chi connectivity index (χ3v) is 5.05. The van der Waals surface area contributed by atoms with Crippen molar-refractivity contribution in [3.8, 4) is 5.75 Å². The number of ether oxygens (including phenoxy) is 1. The summed E-state index contributed by atoms with van der Waals surface area (Å²) in [5.74, 6) is 0.401. The summed E-state index contributed by atoms with van der Waals surface area (Å²) in [6.45, 7) is 2.54. The first-order valence-electron chi connectivity index (χ1n) is 9.09. The van der Waals surface area contributed by atoms with Crippen molar-refractivity contribution in [2.24, 2.45) is 0 Å². The van der Waals surface area contributed by atoms with Crippen LogP contribution in [-0.2, 0) is 0 Å². The molecule has 0 saturated carbocycles. The van der Waals surface area contributed by atoms with Gasteiger partial charge in [0, 0.05) is 21.2 Å². The molecule has 0 saturated heterocycles. The molecule has 0 fully saturated rings. The Morgan fingerprint density at radius 3 is 2.25 bits per heavy atom. The van der Waals surface area contributed by atoms with Crippen LogP contribution in [0.25, 0.3) is 0 Å². The molecule has 0 aliphatic carbocycles. The summed E-state index contributed by atoms with van der Waals surface area (Å²) in [5.41, 5.74) is 2.42. The van der Waals surface area contributed by atoms with E-state index in [1.807, 2.05) is 55.5 Å². The van der Waals surface area contributed by atoms with Crippen molar-refractivity contribution in [3.63, 3.8) is 0 Å². The molecule has 0 heterocycles. The molecule has 0 bridgehead atoms. The van der Waals surface area contributed by atoms with Gasteiger partial charge in [-0.3, -0.25) is 4.79 Å². The lowest BCUT2D eigenvalue weighted by Crippen LogP contribution is -2.16. The molecule has 0 aliphatic heterocycles. The second-order valence-corrected chi connectivity index (χ2v) is 7.59. The number of carbonyl (C=O) groups excluding carboxylic acids is 1. The molecule has 28 heavy (non-hydrogen) atoms. The molecule has 3 aromatic carbocycles. The van der Waals surface area contributed by atoms with Crippen LogP contribution in [0.4, 0.5) is 10.1 Å². The number of hydrogen-bond donors (Lipinski definition) is 1. The van der Waals surface area contributed by atoms with Crippen LogP contribution in [-0.4, -0.2) is 12.4 Å². The predicted molar refractivity (Wildman–Crippen MR) is 118 cm³/mol. The maximum absolute atomic E-state index is 13.2. The standard InChI is InChI=1S/C23H21FINO2/c1-2-28-21-13-5-16(6-14-21)22(26-20-11-9-19(25)10-12-20)15-23(27)17-3-7-18(24)8-4-17/h3-14,22,26H,2,15H2,1H3. The fraction of sp³-hybridized carbons (Fsp3) is 0.174. The highest BCUT2D eigenvalue weighted by molar-refractivity contribution is 14.1. The fourth-order valence-electron chi connectivity index (χ4n) is 2.90. The van der Waals surface area contributed by atoms with E-state index in [2.05, 4.69) is 27.9 Å². The quantitative estimate of drug-likeness (QED) is 0.300. The van der Waals surface area contributed by atoms with Gasteiger partial charge in [-0.2, -0.15) is 0 Å². The summed E-state index contributed by atoms with van der Waals surface area (Å²) >= 11 is 2.26. The molecule has 0 aliphatic rings. The molecule has 3 nitrogen and oxygen atoms in total. The molecule has 0 radical (unpaired) electrons. The Balaban J connectivity index is 1.83. The van der Waals surface area contributed by atoms with E-state index < -0.39 is 0 Å². The Morgan fingerprint density at radius 2 is 1.64 bits per heavy atom. The Morgan fingerprint density at radius 1 is 1.00 bits per heavy atom. The van der Waals surface area contributed by atoms with Gasteiger partial charge in [-0.25, -0.2) is 4.39 Å². The Labute approximate surface area is 178 Å². The van der Waals surface area contributed by atoms with Crippen molar-refractivity contribution in [1.82, 2.24) is 0 Å². The SMILES string of the molecule is CCOc1ccc(C(CC(=O)c2ccc(F)cc2)Nc2ccc(I)cc2)cc1. The normalized spacial score (nSPS) is 11.7. The third-order valence-electron chi connectivity index (χ3n) is 4.33. The van der Waals surface area contributed by atoms with E-state index in [1.54, 1.807) is 0 Å². The van der Waals surface area contributed by atoms with Crippen LogP contribution in [0.2, 0.25) is 0 Å². The van der Waals surface area contributed by atoms with Gasteiger partial charge in [-0.15, -0.1) is 0 Å². The number of hydrogen-bond acceptors (Lipinski definition) is 3. The minimum absolute atomic E-state index is 0.0445. The molecule has 0 spiro atoms. The lowest BCUT2D eigenvalue weighted by atomic mass is 9.97. The lowest BCUT2D eigenvalue weighted by Gasteiger charge is -2.20. The number of Topliss-reactive ketones (excluding diaryl/α,β-unsaturated/α-hetero) is 1. The van der Waals surface area contributed by atoms with Gasteiger partial charge in [-0.05, 0) is 95.7 Å². The van der Waals surface area contributed by atoms with Gasteiger partial charge in [0.15, 0.2) is 5.78 Å². The Kier molecular flexibility index (Phi) is 7.03. The third kappa shape index (κ3) is 5.55. The van der Waals surface area contributed by atoms with E-state index in [0.29, 0.717) is 12.2 Å².